The summed E-state index contributed by atoms with van der Waals surface area (Å²) in [5.74, 6) is 1.63. The fraction of sp³-hybridized carbons (Fsp3) is 0.611. The van der Waals surface area contributed by atoms with Crippen LogP contribution < -0.4 is 0 Å². The molecule has 0 N–H and O–H groups in total. The Morgan fingerprint density at radius 3 is 1.79 bits per heavy atom. The highest BCUT2D eigenvalue weighted by Gasteiger charge is 2.25. The number of carbonyl (C=O) groups excluding carboxylic acids is 1. The number of carbonyl (C=O) groups is 1. The van der Waals surface area contributed by atoms with Crippen LogP contribution in [0.4, 0.5) is 0 Å². The average molecular weight is 333 g/mol. The normalized spacial score (nSPS) is 12.4. The molecule has 0 radical (unpaired) electrons. The Morgan fingerprint density at radius 2 is 1.46 bits per heavy atom. The molecule has 0 bridgehead atoms. The molecule has 24 heavy (non-hydrogen) atoms. The van der Waals surface area contributed by atoms with Crippen molar-refractivity contribution in [3.8, 4) is 0 Å². The summed E-state index contributed by atoms with van der Waals surface area (Å²) in [6, 6.07) is 0. The van der Waals surface area contributed by atoms with E-state index in [0.717, 1.165) is 46.9 Å². The highest BCUT2D eigenvalue weighted by atomic mass is 16.5. The van der Waals surface area contributed by atoms with Crippen molar-refractivity contribution < 1.29 is 13.8 Å². The van der Waals surface area contributed by atoms with Crippen molar-refractivity contribution in [3.05, 3.63) is 34.0 Å². The van der Waals surface area contributed by atoms with E-state index in [9.17, 15) is 4.79 Å². The minimum absolute atomic E-state index is 0.0176. The molecule has 0 fully saturated rings. The fourth-order valence-corrected chi connectivity index (χ4v) is 2.92. The van der Waals surface area contributed by atoms with Gasteiger partial charge in [-0.2, -0.15) is 0 Å². The number of rotatable bonds is 7. The quantitative estimate of drug-likeness (QED) is 0.769. The maximum atomic E-state index is 13.0. The Balaban J connectivity index is 2.29. The molecule has 0 saturated heterocycles. The molecule has 2 aromatic heterocycles. The first kappa shape index (κ1) is 18.2. The molecule has 0 spiro atoms. The monoisotopic (exact) mass is 333 g/mol. The van der Waals surface area contributed by atoms with E-state index in [0.29, 0.717) is 13.1 Å². The van der Waals surface area contributed by atoms with Gasteiger partial charge in [-0.3, -0.25) is 4.79 Å². The highest BCUT2D eigenvalue weighted by Crippen LogP contribution is 2.22. The Bertz CT molecular complexity index is 615. The first-order valence-electron chi connectivity index (χ1n) is 8.47. The molecule has 1 amide bonds. The second kappa shape index (κ2) is 7.64. The zero-order valence-corrected chi connectivity index (χ0v) is 15.5. The highest BCUT2D eigenvalue weighted by molar-refractivity contribution is 5.78. The van der Waals surface area contributed by atoms with Gasteiger partial charge in [0.05, 0.1) is 24.5 Å². The summed E-state index contributed by atoms with van der Waals surface area (Å²) in [7, 11) is 0. The molecule has 132 valence electrons. The molecule has 2 heterocycles. The maximum Gasteiger partial charge on any atom is 0.226 e. The number of aromatic nitrogens is 2. The van der Waals surface area contributed by atoms with E-state index in [1.165, 1.54) is 0 Å². The van der Waals surface area contributed by atoms with Gasteiger partial charge >= 0.3 is 0 Å². The minimum atomic E-state index is -0.0176. The maximum absolute atomic E-state index is 13.0. The summed E-state index contributed by atoms with van der Waals surface area (Å²) in [6.07, 6.45) is 1.86. The topological polar surface area (TPSA) is 72.4 Å². The molecule has 0 saturated carbocycles. The first-order valence-corrected chi connectivity index (χ1v) is 8.47. The standard InChI is InChI=1S/C18H27N3O3/c1-7-8-11(2)18(22)21(9-16-12(3)19-23-14(16)5)10-17-13(4)20-24-15(17)6/h11H,7-10H2,1-6H3. The van der Waals surface area contributed by atoms with Crippen LogP contribution in [0, 0.1) is 33.6 Å². The van der Waals surface area contributed by atoms with Crippen LogP contribution in [-0.2, 0) is 17.9 Å². The van der Waals surface area contributed by atoms with Crippen LogP contribution in [0.25, 0.3) is 0 Å². The van der Waals surface area contributed by atoms with Crippen LogP contribution in [0.5, 0.6) is 0 Å². The molecule has 0 aliphatic heterocycles. The molecule has 6 nitrogen and oxygen atoms in total. The summed E-state index contributed by atoms with van der Waals surface area (Å²) >= 11 is 0. The van der Waals surface area contributed by atoms with Gasteiger partial charge in [0, 0.05) is 17.0 Å². The van der Waals surface area contributed by atoms with Gasteiger partial charge in [-0.25, -0.2) is 0 Å². The lowest BCUT2D eigenvalue weighted by Gasteiger charge is -2.26. The number of aryl methyl sites for hydroxylation is 4. The molecule has 1 unspecified atom stereocenters. The molecule has 2 aromatic rings. The molecule has 6 heteroatoms. The molecule has 2 rings (SSSR count). The van der Waals surface area contributed by atoms with Gasteiger partial charge < -0.3 is 13.9 Å². The van der Waals surface area contributed by atoms with Crippen molar-refractivity contribution >= 4 is 5.91 Å². The number of amides is 1. The van der Waals surface area contributed by atoms with Crippen LogP contribution in [0.2, 0.25) is 0 Å². The summed E-state index contributed by atoms with van der Waals surface area (Å²) in [4.78, 5) is 14.8. The van der Waals surface area contributed by atoms with Gasteiger partial charge in [0.2, 0.25) is 5.91 Å². The predicted octanol–water partition coefficient (Wildman–Crippen LogP) is 3.86. The second-order valence-corrected chi connectivity index (χ2v) is 6.49. The summed E-state index contributed by atoms with van der Waals surface area (Å²) in [6.45, 7) is 12.6. The molecule has 0 aromatic carbocycles. The number of nitrogens with zero attached hydrogens (tertiary/aromatic N) is 3. The lowest BCUT2D eigenvalue weighted by molar-refractivity contribution is -0.136. The van der Waals surface area contributed by atoms with Gasteiger partial charge in [-0.1, -0.05) is 30.6 Å². The molecule has 1 atom stereocenters. The summed E-state index contributed by atoms with van der Waals surface area (Å²) in [5, 5.41) is 8.00. The smallest absolute Gasteiger partial charge is 0.226 e. The van der Waals surface area contributed by atoms with Gasteiger partial charge in [0.25, 0.3) is 0 Å². The zero-order valence-electron chi connectivity index (χ0n) is 15.5. The van der Waals surface area contributed by atoms with E-state index in [2.05, 4.69) is 17.2 Å². The van der Waals surface area contributed by atoms with Gasteiger partial charge in [-0.15, -0.1) is 0 Å². The van der Waals surface area contributed by atoms with E-state index in [4.69, 9.17) is 9.05 Å². The minimum Gasteiger partial charge on any atom is -0.361 e. The lowest BCUT2D eigenvalue weighted by Crippen LogP contribution is -2.35. The Kier molecular flexibility index (Phi) is 5.80. The Hall–Kier alpha value is -2.11. The zero-order chi connectivity index (χ0) is 17.9. The van der Waals surface area contributed by atoms with Crippen molar-refractivity contribution in [1.82, 2.24) is 15.2 Å². The molecule has 0 aliphatic carbocycles. The van der Waals surface area contributed by atoms with Crippen LogP contribution in [-0.4, -0.2) is 21.1 Å². The largest absolute Gasteiger partial charge is 0.361 e. The third-order valence-electron chi connectivity index (χ3n) is 4.52. The van der Waals surface area contributed by atoms with Crippen LogP contribution in [0.1, 0.15) is 60.7 Å². The summed E-state index contributed by atoms with van der Waals surface area (Å²) in [5.41, 5.74) is 3.59. The Labute approximate surface area is 143 Å². The third kappa shape index (κ3) is 3.86. The van der Waals surface area contributed by atoms with Crippen molar-refractivity contribution in [2.45, 2.75) is 67.5 Å². The number of hydrogen-bond acceptors (Lipinski definition) is 5. The fourth-order valence-electron chi connectivity index (χ4n) is 2.92. The van der Waals surface area contributed by atoms with E-state index in [-0.39, 0.29) is 11.8 Å². The van der Waals surface area contributed by atoms with Crippen molar-refractivity contribution in [2.75, 3.05) is 0 Å². The van der Waals surface area contributed by atoms with Crippen LogP contribution in [0.15, 0.2) is 9.05 Å². The third-order valence-corrected chi connectivity index (χ3v) is 4.52. The molecule has 0 aliphatic rings. The SMILES string of the molecule is CCCC(C)C(=O)N(Cc1c(C)noc1C)Cc1c(C)noc1C. The van der Waals surface area contributed by atoms with Crippen molar-refractivity contribution in [1.29, 1.82) is 0 Å². The lowest BCUT2D eigenvalue weighted by atomic mass is 10.0. The van der Waals surface area contributed by atoms with Crippen molar-refractivity contribution in [2.24, 2.45) is 5.92 Å². The van der Waals surface area contributed by atoms with Gasteiger partial charge in [0.1, 0.15) is 11.5 Å². The Morgan fingerprint density at radius 1 is 1.00 bits per heavy atom. The van der Waals surface area contributed by atoms with Crippen LogP contribution in [0.3, 0.4) is 0 Å². The van der Waals surface area contributed by atoms with E-state index >= 15 is 0 Å². The number of hydrogen-bond donors (Lipinski definition) is 0. The van der Waals surface area contributed by atoms with E-state index in [1.807, 2.05) is 39.5 Å². The van der Waals surface area contributed by atoms with E-state index in [1.54, 1.807) is 0 Å². The van der Waals surface area contributed by atoms with Gasteiger partial charge in [0.15, 0.2) is 0 Å². The summed E-state index contributed by atoms with van der Waals surface area (Å²) < 4.78 is 10.5. The molecular formula is C18H27N3O3. The first-order chi connectivity index (χ1) is 11.3. The van der Waals surface area contributed by atoms with E-state index < -0.39 is 0 Å². The van der Waals surface area contributed by atoms with Crippen molar-refractivity contribution in [3.63, 3.8) is 0 Å². The predicted molar refractivity (Wildman–Crippen MR) is 90.3 cm³/mol. The van der Waals surface area contributed by atoms with Crippen LogP contribution >= 0.6 is 0 Å². The molecular weight excluding hydrogens is 306 g/mol. The second-order valence-electron chi connectivity index (χ2n) is 6.49. The average Bonchev–Trinajstić information content (AvgIpc) is 3.03. The van der Waals surface area contributed by atoms with Gasteiger partial charge in [-0.05, 0) is 34.1 Å².